The van der Waals surface area contributed by atoms with Gasteiger partial charge in [0.05, 0.1) is 12.2 Å². The number of nitrogens with one attached hydrogen (secondary N) is 1. The maximum atomic E-state index is 13.1. The molecule has 1 saturated carbocycles. The summed E-state index contributed by atoms with van der Waals surface area (Å²) in [7, 11) is 0. The smallest absolute Gasteiger partial charge is 0.226 e. The highest BCUT2D eigenvalue weighted by Crippen LogP contribution is 2.38. The Kier molecular flexibility index (Phi) is 6.31. The Morgan fingerprint density at radius 1 is 1.21 bits per heavy atom. The fourth-order valence-corrected chi connectivity index (χ4v) is 3.81. The monoisotopic (exact) mass is 383 g/mol. The van der Waals surface area contributed by atoms with Gasteiger partial charge in [0, 0.05) is 31.0 Å². The third-order valence-corrected chi connectivity index (χ3v) is 5.57. The van der Waals surface area contributed by atoms with Crippen molar-refractivity contribution in [3.8, 4) is 0 Å². The molecule has 1 N–H and O–H groups in total. The first kappa shape index (κ1) is 19.1. The number of aromatic nitrogens is 3. The second-order valence-electron chi connectivity index (χ2n) is 7.85. The topological polar surface area (TPSA) is 84.2 Å². The molecule has 1 saturated heterocycles. The van der Waals surface area contributed by atoms with Crippen LogP contribution in [0.25, 0.3) is 0 Å². The SMILES string of the molecule is O=C(CCCc1nc(C2CC2)no1)N(Cc1ccccn1)C1CCCNCC1. The van der Waals surface area contributed by atoms with Crippen LogP contribution in [-0.4, -0.2) is 45.1 Å². The van der Waals surface area contributed by atoms with Crippen LogP contribution in [0.5, 0.6) is 0 Å². The Balaban J connectivity index is 1.35. The molecule has 150 valence electrons. The average Bonchev–Trinajstić information content (AvgIpc) is 3.51. The van der Waals surface area contributed by atoms with Crippen LogP contribution in [0.15, 0.2) is 28.9 Å². The van der Waals surface area contributed by atoms with Gasteiger partial charge in [0.1, 0.15) is 0 Å². The van der Waals surface area contributed by atoms with Gasteiger partial charge < -0.3 is 14.7 Å². The van der Waals surface area contributed by atoms with Crippen molar-refractivity contribution in [2.75, 3.05) is 13.1 Å². The van der Waals surface area contributed by atoms with Crippen LogP contribution in [0, 0.1) is 0 Å². The van der Waals surface area contributed by atoms with E-state index in [-0.39, 0.29) is 11.9 Å². The van der Waals surface area contributed by atoms with E-state index in [0.717, 1.165) is 63.1 Å². The van der Waals surface area contributed by atoms with Crippen molar-refractivity contribution in [1.82, 2.24) is 25.3 Å². The van der Waals surface area contributed by atoms with Crippen molar-refractivity contribution in [2.24, 2.45) is 0 Å². The Hall–Kier alpha value is -2.28. The molecule has 0 aromatic carbocycles. The fraction of sp³-hybridized carbons (Fsp3) is 0.619. The maximum Gasteiger partial charge on any atom is 0.226 e. The highest BCUT2D eigenvalue weighted by molar-refractivity contribution is 5.76. The summed E-state index contributed by atoms with van der Waals surface area (Å²) < 4.78 is 5.33. The summed E-state index contributed by atoms with van der Waals surface area (Å²) in [4.78, 5) is 24.0. The zero-order chi connectivity index (χ0) is 19.2. The van der Waals surface area contributed by atoms with Gasteiger partial charge in [-0.15, -0.1) is 0 Å². The zero-order valence-electron chi connectivity index (χ0n) is 16.3. The van der Waals surface area contributed by atoms with Gasteiger partial charge in [0.15, 0.2) is 5.82 Å². The summed E-state index contributed by atoms with van der Waals surface area (Å²) in [6.45, 7) is 2.57. The van der Waals surface area contributed by atoms with Gasteiger partial charge in [-0.2, -0.15) is 4.98 Å². The second-order valence-corrected chi connectivity index (χ2v) is 7.85. The minimum absolute atomic E-state index is 0.194. The molecule has 2 aromatic heterocycles. The Morgan fingerprint density at radius 3 is 2.96 bits per heavy atom. The molecule has 4 rings (SSSR count). The number of carbonyl (C=O) groups is 1. The zero-order valence-corrected chi connectivity index (χ0v) is 16.3. The number of hydrogen-bond donors (Lipinski definition) is 1. The van der Waals surface area contributed by atoms with Gasteiger partial charge in [-0.3, -0.25) is 9.78 Å². The molecule has 3 heterocycles. The standard InChI is InChI=1S/C21H29N5O2/c27-20(8-3-7-19-24-21(25-28-19)16-9-10-16)26(15-17-5-1-2-13-23-17)18-6-4-12-22-14-11-18/h1-2,5,13,16,18,22H,3-4,6-12,14-15H2. The summed E-state index contributed by atoms with van der Waals surface area (Å²) in [6.07, 6.45) is 9.14. The fourth-order valence-electron chi connectivity index (χ4n) is 3.81. The summed E-state index contributed by atoms with van der Waals surface area (Å²) in [5, 5.41) is 7.49. The van der Waals surface area contributed by atoms with E-state index in [1.807, 2.05) is 23.1 Å². The highest BCUT2D eigenvalue weighted by Gasteiger charge is 2.29. The van der Waals surface area contributed by atoms with E-state index in [0.29, 0.717) is 31.2 Å². The van der Waals surface area contributed by atoms with Gasteiger partial charge in [0.2, 0.25) is 11.8 Å². The molecule has 1 atom stereocenters. The lowest BCUT2D eigenvalue weighted by Crippen LogP contribution is -2.40. The van der Waals surface area contributed by atoms with Crippen LogP contribution < -0.4 is 5.32 Å². The van der Waals surface area contributed by atoms with Crippen molar-refractivity contribution in [2.45, 2.75) is 69.9 Å². The van der Waals surface area contributed by atoms with Gasteiger partial charge in [-0.05, 0) is 63.7 Å². The van der Waals surface area contributed by atoms with Crippen molar-refractivity contribution < 1.29 is 9.32 Å². The van der Waals surface area contributed by atoms with E-state index < -0.39 is 0 Å². The number of pyridine rings is 1. The van der Waals surface area contributed by atoms with Crippen LogP contribution in [0.3, 0.4) is 0 Å². The summed E-state index contributed by atoms with van der Waals surface area (Å²) in [5.74, 6) is 2.19. The van der Waals surface area contributed by atoms with Gasteiger partial charge >= 0.3 is 0 Å². The maximum absolute atomic E-state index is 13.1. The van der Waals surface area contributed by atoms with Crippen LogP contribution in [-0.2, 0) is 17.8 Å². The average molecular weight is 383 g/mol. The van der Waals surface area contributed by atoms with Crippen molar-refractivity contribution in [3.05, 3.63) is 41.8 Å². The van der Waals surface area contributed by atoms with Crippen molar-refractivity contribution in [3.63, 3.8) is 0 Å². The van der Waals surface area contributed by atoms with E-state index in [4.69, 9.17) is 4.52 Å². The molecular weight excluding hydrogens is 354 g/mol. The van der Waals surface area contributed by atoms with Crippen LogP contribution in [0.2, 0.25) is 0 Å². The molecule has 2 fully saturated rings. The van der Waals surface area contributed by atoms with Gasteiger partial charge in [-0.25, -0.2) is 0 Å². The predicted octanol–water partition coefficient (Wildman–Crippen LogP) is 2.84. The summed E-state index contributed by atoms with van der Waals surface area (Å²) in [6, 6.07) is 6.15. The van der Waals surface area contributed by atoms with Crippen molar-refractivity contribution >= 4 is 5.91 Å². The molecular formula is C21H29N5O2. The Morgan fingerprint density at radius 2 is 2.14 bits per heavy atom. The van der Waals surface area contributed by atoms with E-state index in [1.54, 1.807) is 6.20 Å². The first-order valence-corrected chi connectivity index (χ1v) is 10.5. The van der Waals surface area contributed by atoms with Gasteiger partial charge in [0.25, 0.3) is 0 Å². The number of carbonyl (C=O) groups excluding carboxylic acids is 1. The van der Waals surface area contributed by atoms with Crippen LogP contribution in [0.4, 0.5) is 0 Å². The summed E-state index contributed by atoms with van der Waals surface area (Å²) >= 11 is 0. The van der Waals surface area contributed by atoms with E-state index in [9.17, 15) is 4.79 Å². The normalized spacial score (nSPS) is 19.9. The lowest BCUT2D eigenvalue weighted by Gasteiger charge is -2.31. The third-order valence-electron chi connectivity index (χ3n) is 5.57. The molecule has 2 aliphatic rings. The third kappa shape index (κ3) is 5.16. The minimum Gasteiger partial charge on any atom is -0.339 e. The largest absolute Gasteiger partial charge is 0.339 e. The predicted molar refractivity (Wildman–Crippen MR) is 105 cm³/mol. The molecule has 1 unspecified atom stereocenters. The lowest BCUT2D eigenvalue weighted by molar-refractivity contribution is -0.134. The number of rotatable bonds is 8. The van der Waals surface area contributed by atoms with E-state index in [2.05, 4.69) is 20.4 Å². The molecule has 7 nitrogen and oxygen atoms in total. The first-order chi connectivity index (χ1) is 13.8. The molecule has 28 heavy (non-hydrogen) atoms. The molecule has 0 radical (unpaired) electrons. The molecule has 0 bridgehead atoms. The number of amides is 1. The number of aryl methyl sites for hydroxylation is 1. The Bertz CT molecular complexity index is 751. The summed E-state index contributed by atoms with van der Waals surface area (Å²) in [5.41, 5.74) is 0.944. The number of hydrogen-bond acceptors (Lipinski definition) is 6. The second kappa shape index (κ2) is 9.28. The molecule has 7 heteroatoms. The Labute approximate surface area is 165 Å². The highest BCUT2D eigenvalue weighted by atomic mass is 16.5. The van der Waals surface area contributed by atoms with E-state index >= 15 is 0 Å². The van der Waals surface area contributed by atoms with Crippen molar-refractivity contribution in [1.29, 1.82) is 0 Å². The molecule has 2 aromatic rings. The quantitative estimate of drug-likeness (QED) is 0.755. The number of nitrogens with zero attached hydrogens (tertiary/aromatic N) is 4. The first-order valence-electron chi connectivity index (χ1n) is 10.5. The molecule has 0 spiro atoms. The van der Waals surface area contributed by atoms with Crippen LogP contribution in [0.1, 0.15) is 68.3 Å². The molecule has 1 amide bonds. The lowest BCUT2D eigenvalue weighted by atomic mass is 10.1. The minimum atomic E-state index is 0.194. The van der Waals surface area contributed by atoms with Crippen LogP contribution >= 0.6 is 0 Å². The molecule has 1 aliphatic carbocycles. The van der Waals surface area contributed by atoms with Gasteiger partial charge in [-0.1, -0.05) is 11.2 Å². The molecule has 1 aliphatic heterocycles. The van der Waals surface area contributed by atoms with E-state index in [1.165, 1.54) is 0 Å².